The molecule has 0 radical (unpaired) electrons. The fourth-order valence-electron chi connectivity index (χ4n) is 2.95. The lowest BCUT2D eigenvalue weighted by Crippen LogP contribution is -2.47. The molecule has 0 saturated carbocycles. The van der Waals surface area contributed by atoms with Gasteiger partial charge in [-0.3, -0.25) is 4.79 Å². The predicted molar refractivity (Wildman–Crippen MR) is 86.3 cm³/mol. The van der Waals surface area contributed by atoms with Crippen LogP contribution < -0.4 is 15.8 Å². The first kappa shape index (κ1) is 13.9. The molecule has 2 N–H and O–H groups in total. The fourth-order valence-corrected chi connectivity index (χ4v) is 2.95. The summed E-state index contributed by atoms with van der Waals surface area (Å²) in [7, 11) is 1.87. The maximum Gasteiger partial charge on any atom is 0.271 e. The molecule has 1 fully saturated rings. The van der Waals surface area contributed by atoms with Crippen LogP contribution in [0.4, 0.5) is 11.4 Å². The van der Waals surface area contributed by atoms with Gasteiger partial charge in [-0.15, -0.1) is 0 Å². The van der Waals surface area contributed by atoms with Gasteiger partial charge in [0.25, 0.3) is 5.56 Å². The third-order valence-electron chi connectivity index (χ3n) is 3.88. The summed E-state index contributed by atoms with van der Waals surface area (Å²) in [5, 5.41) is 4.12. The smallest absolute Gasteiger partial charge is 0.271 e. The summed E-state index contributed by atoms with van der Waals surface area (Å²) in [4.78, 5) is 17.5. The van der Waals surface area contributed by atoms with E-state index in [0.717, 1.165) is 35.4 Å². The number of rotatable bonds is 2. The third-order valence-corrected chi connectivity index (χ3v) is 3.88. The Morgan fingerprint density at radius 3 is 2.62 bits per heavy atom. The van der Waals surface area contributed by atoms with Crippen LogP contribution in [0.2, 0.25) is 0 Å². The molecule has 0 aliphatic carbocycles. The van der Waals surface area contributed by atoms with Crippen molar-refractivity contribution in [2.75, 3.05) is 30.4 Å². The standard InChI is InChI=1S/C16H21N3O2/c1-10-8-19(9-11(2)21-10)15-6-12-4-5-13(17-3)7-14(12)18-16(15)20/h4-7,10-11,17H,8-9H2,1-3H3,(H,18,20)/t10-,11+. The van der Waals surface area contributed by atoms with Gasteiger partial charge >= 0.3 is 0 Å². The fraction of sp³-hybridized carbons (Fsp3) is 0.438. The molecule has 2 aromatic rings. The Bertz CT molecular complexity index is 700. The minimum Gasteiger partial charge on any atom is -0.388 e. The predicted octanol–water partition coefficient (Wildman–Crippen LogP) is 2.18. The van der Waals surface area contributed by atoms with Crippen molar-refractivity contribution in [2.45, 2.75) is 26.1 Å². The first-order valence-corrected chi connectivity index (χ1v) is 7.32. The average Bonchev–Trinajstić information content (AvgIpc) is 2.44. The quantitative estimate of drug-likeness (QED) is 0.889. The van der Waals surface area contributed by atoms with E-state index < -0.39 is 0 Å². The van der Waals surface area contributed by atoms with Gasteiger partial charge in [0.05, 0.1) is 17.7 Å². The van der Waals surface area contributed by atoms with Crippen molar-refractivity contribution in [3.63, 3.8) is 0 Å². The molecule has 0 spiro atoms. The van der Waals surface area contributed by atoms with Crippen LogP contribution in [0, 0.1) is 0 Å². The number of pyridine rings is 1. The van der Waals surface area contributed by atoms with Crippen molar-refractivity contribution in [3.8, 4) is 0 Å². The molecule has 1 aliphatic heterocycles. The number of morpholine rings is 1. The van der Waals surface area contributed by atoms with E-state index in [2.05, 4.69) is 15.2 Å². The summed E-state index contributed by atoms with van der Waals surface area (Å²) in [6.45, 7) is 5.56. The molecule has 5 nitrogen and oxygen atoms in total. The molecule has 2 atom stereocenters. The van der Waals surface area contributed by atoms with Gasteiger partial charge in [0.1, 0.15) is 5.69 Å². The van der Waals surface area contributed by atoms with Gasteiger partial charge in [-0.1, -0.05) is 6.07 Å². The number of aromatic nitrogens is 1. The second-order valence-electron chi connectivity index (χ2n) is 5.70. The van der Waals surface area contributed by atoms with Crippen molar-refractivity contribution in [1.29, 1.82) is 0 Å². The highest BCUT2D eigenvalue weighted by Gasteiger charge is 2.24. The lowest BCUT2D eigenvalue weighted by Gasteiger charge is -2.36. The number of anilines is 2. The SMILES string of the molecule is CNc1ccc2cc(N3C[C@@H](C)O[C@@H](C)C3)c(=O)[nH]c2c1. The molecule has 1 aliphatic rings. The number of hydrogen-bond acceptors (Lipinski definition) is 4. The number of fused-ring (bicyclic) bond motifs is 1. The normalized spacial score (nSPS) is 22.5. The Labute approximate surface area is 123 Å². The molecule has 21 heavy (non-hydrogen) atoms. The van der Waals surface area contributed by atoms with Crippen LogP contribution in [0.15, 0.2) is 29.1 Å². The Balaban J connectivity index is 2.03. The van der Waals surface area contributed by atoms with Crippen molar-refractivity contribution in [2.24, 2.45) is 0 Å². The van der Waals surface area contributed by atoms with Gasteiger partial charge in [-0.05, 0) is 32.0 Å². The average molecular weight is 287 g/mol. The Hall–Kier alpha value is -2.01. The third kappa shape index (κ3) is 2.74. The molecule has 2 heterocycles. The molecule has 0 bridgehead atoms. The molecule has 0 unspecified atom stereocenters. The lowest BCUT2D eigenvalue weighted by atomic mass is 10.1. The van der Waals surface area contributed by atoms with Crippen molar-refractivity contribution in [1.82, 2.24) is 4.98 Å². The van der Waals surface area contributed by atoms with Gasteiger partial charge in [0, 0.05) is 31.2 Å². The van der Waals surface area contributed by atoms with Crippen molar-refractivity contribution in [3.05, 3.63) is 34.6 Å². The number of benzene rings is 1. The van der Waals surface area contributed by atoms with E-state index in [1.165, 1.54) is 0 Å². The molecule has 1 aromatic carbocycles. The number of H-pyrrole nitrogens is 1. The van der Waals surface area contributed by atoms with E-state index in [0.29, 0.717) is 0 Å². The zero-order chi connectivity index (χ0) is 15.0. The van der Waals surface area contributed by atoms with Gasteiger partial charge in [-0.25, -0.2) is 0 Å². The maximum atomic E-state index is 12.4. The second kappa shape index (κ2) is 5.41. The number of hydrogen-bond donors (Lipinski definition) is 2. The summed E-state index contributed by atoms with van der Waals surface area (Å²) >= 11 is 0. The van der Waals surface area contributed by atoms with Gasteiger partial charge in [0.2, 0.25) is 0 Å². The summed E-state index contributed by atoms with van der Waals surface area (Å²) in [5.41, 5.74) is 2.52. The van der Waals surface area contributed by atoms with Crippen LogP contribution in [-0.4, -0.2) is 37.3 Å². The second-order valence-corrected chi connectivity index (χ2v) is 5.70. The van der Waals surface area contributed by atoms with E-state index >= 15 is 0 Å². The van der Waals surface area contributed by atoms with Crippen LogP contribution in [-0.2, 0) is 4.74 Å². The van der Waals surface area contributed by atoms with Crippen LogP contribution >= 0.6 is 0 Å². The zero-order valence-corrected chi connectivity index (χ0v) is 12.6. The minimum absolute atomic E-state index is 0.0444. The summed E-state index contributed by atoms with van der Waals surface area (Å²) in [6.07, 6.45) is 0.269. The van der Waals surface area contributed by atoms with Crippen molar-refractivity contribution >= 4 is 22.3 Å². The molecule has 112 valence electrons. The van der Waals surface area contributed by atoms with Gasteiger partial charge in [0.15, 0.2) is 0 Å². The molecule has 5 heteroatoms. The van der Waals surface area contributed by atoms with E-state index in [1.54, 1.807) is 0 Å². The number of nitrogens with one attached hydrogen (secondary N) is 2. The molecular formula is C16H21N3O2. The highest BCUT2D eigenvalue weighted by atomic mass is 16.5. The highest BCUT2D eigenvalue weighted by Crippen LogP contribution is 2.22. The summed E-state index contributed by atoms with van der Waals surface area (Å²) in [5.74, 6) is 0. The zero-order valence-electron chi connectivity index (χ0n) is 12.6. The maximum absolute atomic E-state index is 12.4. The Kier molecular flexibility index (Phi) is 3.59. The van der Waals surface area contributed by atoms with Crippen molar-refractivity contribution < 1.29 is 4.74 Å². The van der Waals surface area contributed by atoms with E-state index in [4.69, 9.17) is 4.74 Å². The van der Waals surface area contributed by atoms with Gasteiger partial charge in [-0.2, -0.15) is 0 Å². The number of ether oxygens (including phenoxy) is 1. The molecule has 1 aromatic heterocycles. The lowest BCUT2D eigenvalue weighted by molar-refractivity contribution is -0.00528. The van der Waals surface area contributed by atoms with Crippen LogP contribution in [0.5, 0.6) is 0 Å². The van der Waals surface area contributed by atoms with Crippen LogP contribution in [0.25, 0.3) is 10.9 Å². The molecule has 3 rings (SSSR count). The topological polar surface area (TPSA) is 57.4 Å². The molecule has 1 saturated heterocycles. The monoisotopic (exact) mass is 287 g/mol. The van der Waals surface area contributed by atoms with E-state index in [9.17, 15) is 4.79 Å². The molecule has 0 amide bonds. The Morgan fingerprint density at radius 2 is 1.95 bits per heavy atom. The summed E-state index contributed by atoms with van der Waals surface area (Å²) in [6, 6.07) is 7.95. The van der Waals surface area contributed by atoms with Crippen LogP contribution in [0.3, 0.4) is 0 Å². The Morgan fingerprint density at radius 1 is 1.24 bits per heavy atom. The largest absolute Gasteiger partial charge is 0.388 e. The summed E-state index contributed by atoms with van der Waals surface area (Å²) < 4.78 is 5.73. The first-order valence-electron chi connectivity index (χ1n) is 7.32. The van der Waals surface area contributed by atoms with E-state index in [-0.39, 0.29) is 17.8 Å². The van der Waals surface area contributed by atoms with Gasteiger partial charge < -0.3 is 19.9 Å². The molecular weight excluding hydrogens is 266 g/mol. The van der Waals surface area contributed by atoms with Crippen LogP contribution in [0.1, 0.15) is 13.8 Å². The number of aromatic amines is 1. The first-order chi connectivity index (χ1) is 10.1. The highest BCUT2D eigenvalue weighted by molar-refractivity contribution is 5.84. The number of nitrogens with zero attached hydrogens (tertiary/aromatic N) is 1. The minimum atomic E-state index is -0.0444. The van der Waals surface area contributed by atoms with E-state index in [1.807, 2.05) is 45.2 Å².